The number of alkyl halides is 3. The first-order valence-corrected chi connectivity index (χ1v) is 5.91. The monoisotopic (exact) mass is 256 g/mol. The molecule has 0 radical (unpaired) electrons. The van der Waals surface area contributed by atoms with Gasteiger partial charge in [0.25, 0.3) is 0 Å². The third-order valence-electron chi connectivity index (χ3n) is 4.32. The van der Waals surface area contributed by atoms with Crippen molar-refractivity contribution in [3.63, 3.8) is 0 Å². The van der Waals surface area contributed by atoms with E-state index in [-0.39, 0.29) is 17.5 Å². The fraction of sp³-hybridized carbons (Fsp3) is 0.538. The Balaban J connectivity index is 2.09. The lowest BCUT2D eigenvalue weighted by Gasteiger charge is -2.09. The van der Waals surface area contributed by atoms with Crippen LogP contribution in [0.15, 0.2) is 24.3 Å². The maximum absolute atomic E-state index is 12.4. The van der Waals surface area contributed by atoms with E-state index in [1.54, 1.807) is 0 Å². The summed E-state index contributed by atoms with van der Waals surface area (Å²) in [6.45, 7) is 8.44. The van der Waals surface area contributed by atoms with E-state index in [9.17, 15) is 13.2 Å². The Labute approximate surface area is 105 Å². The van der Waals surface area contributed by atoms with Gasteiger partial charge in [-0.2, -0.15) is 13.2 Å². The molecule has 0 bridgehead atoms. The van der Waals surface area contributed by atoms with Crippen LogP contribution in [-0.2, 0) is 6.18 Å². The van der Waals surface area contributed by atoms with Gasteiger partial charge in [-0.3, -0.25) is 0 Å². The molecule has 1 aromatic rings. The van der Waals surface area contributed by atoms with Gasteiger partial charge in [0.2, 0.25) is 0 Å². The van der Waals surface area contributed by atoms with E-state index in [0.717, 1.165) is 12.1 Å². The third-order valence-corrected chi connectivity index (χ3v) is 4.32. The summed E-state index contributed by atoms with van der Waals surface area (Å²) in [6, 6.07) is 4.87. The third kappa shape index (κ3) is 2.00. The molecule has 1 saturated heterocycles. The van der Waals surface area contributed by atoms with Crippen LogP contribution in [0.4, 0.5) is 13.2 Å². The second-order valence-corrected chi connectivity index (χ2v) is 5.96. The highest BCUT2D eigenvalue weighted by Gasteiger charge is 2.72. The topological polar surface area (TPSA) is 9.23 Å². The van der Waals surface area contributed by atoms with Gasteiger partial charge in [-0.25, -0.2) is 0 Å². The molecule has 0 N–H and O–H groups in total. The van der Waals surface area contributed by atoms with Crippen molar-refractivity contribution in [1.82, 2.24) is 0 Å². The maximum Gasteiger partial charge on any atom is 0.416 e. The minimum absolute atomic E-state index is 0.0433. The second-order valence-electron chi connectivity index (χ2n) is 5.96. The summed E-state index contributed by atoms with van der Waals surface area (Å²) in [5.74, 6) is 0.492. The molecule has 1 aliphatic heterocycles. The molecule has 0 saturated carbocycles. The normalized spacial score (nSPS) is 20.7. The van der Waals surface area contributed by atoms with Gasteiger partial charge in [-0.1, -0.05) is 27.7 Å². The summed E-state index contributed by atoms with van der Waals surface area (Å²) >= 11 is 0. The van der Waals surface area contributed by atoms with Crippen molar-refractivity contribution in [1.29, 1.82) is 0 Å². The van der Waals surface area contributed by atoms with Gasteiger partial charge in [-0.15, -0.1) is 0 Å². The molecule has 0 atom stereocenters. The van der Waals surface area contributed by atoms with E-state index in [2.05, 4.69) is 27.7 Å². The molecule has 0 aliphatic carbocycles. The van der Waals surface area contributed by atoms with Crippen molar-refractivity contribution < 1.29 is 17.8 Å². The summed E-state index contributed by atoms with van der Waals surface area (Å²) in [6.07, 6.45) is -4.29. The van der Waals surface area contributed by atoms with Crippen molar-refractivity contribution >= 4 is 6.92 Å². The maximum atomic E-state index is 12.4. The van der Waals surface area contributed by atoms with Crippen LogP contribution in [-0.4, -0.2) is 6.92 Å². The first kappa shape index (κ1) is 13.3. The molecule has 1 aromatic carbocycles. The predicted octanol–water partition coefficient (Wildman–Crippen LogP) is 4.65. The molecule has 1 aliphatic rings. The van der Waals surface area contributed by atoms with Gasteiger partial charge in [0.1, 0.15) is 0 Å². The summed E-state index contributed by atoms with van der Waals surface area (Å²) in [5, 5.41) is 0.103. The van der Waals surface area contributed by atoms with E-state index in [4.69, 9.17) is 4.65 Å². The van der Waals surface area contributed by atoms with E-state index in [1.165, 1.54) is 12.1 Å². The van der Waals surface area contributed by atoms with Crippen LogP contribution in [0.3, 0.4) is 0 Å². The molecule has 1 fully saturated rings. The molecule has 0 amide bonds. The Morgan fingerprint density at radius 2 is 1.39 bits per heavy atom. The van der Waals surface area contributed by atoms with Crippen LogP contribution >= 0.6 is 0 Å². The molecule has 1 heterocycles. The second kappa shape index (κ2) is 3.68. The Kier molecular flexibility index (Phi) is 2.72. The lowest BCUT2D eigenvalue weighted by atomic mass is 9.78. The predicted molar refractivity (Wildman–Crippen MR) is 65.9 cm³/mol. The average Bonchev–Trinajstić information content (AvgIpc) is 2.60. The fourth-order valence-electron chi connectivity index (χ4n) is 2.29. The summed E-state index contributed by atoms with van der Waals surface area (Å²) in [5.41, 5.74) is -0.649. The Hall–Kier alpha value is -1.13. The number of hydrogen-bond donors (Lipinski definition) is 0. The Morgan fingerprint density at radius 3 is 1.72 bits per heavy atom. The first-order chi connectivity index (χ1) is 8.07. The molecule has 1 nitrogen and oxygen atoms in total. The summed E-state index contributed by atoms with van der Waals surface area (Å²) < 4.78 is 43.0. The molecule has 98 valence electrons. The average molecular weight is 256 g/mol. The molecule has 18 heavy (non-hydrogen) atoms. The molecule has 0 unspecified atom stereocenters. The number of hydrogen-bond acceptors (Lipinski definition) is 1. The molecule has 2 rings (SSSR count). The molecule has 0 spiro atoms. The van der Waals surface area contributed by atoms with Crippen molar-refractivity contribution in [3.05, 3.63) is 29.8 Å². The van der Waals surface area contributed by atoms with E-state index < -0.39 is 11.7 Å². The number of benzene rings is 1. The van der Waals surface area contributed by atoms with Gasteiger partial charge in [0.15, 0.2) is 0 Å². The summed E-state index contributed by atoms with van der Waals surface area (Å²) in [4.78, 5) is 0. The van der Waals surface area contributed by atoms with Gasteiger partial charge < -0.3 is 4.65 Å². The SMILES string of the molecule is CC1(C)B(Oc2ccc(C(F)(F)F)cc2)C1(C)C. The Bertz CT molecular complexity index is 434. The van der Waals surface area contributed by atoms with Gasteiger partial charge in [-0.05, 0) is 34.9 Å². The van der Waals surface area contributed by atoms with Crippen molar-refractivity contribution in [2.24, 2.45) is 0 Å². The highest BCUT2D eigenvalue weighted by molar-refractivity contribution is 6.73. The van der Waals surface area contributed by atoms with E-state index >= 15 is 0 Å². The zero-order valence-electron chi connectivity index (χ0n) is 10.9. The van der Waals surface area contributed by atoms with Gasteiger partial charge in [0.05, 0.1) is 11.3 Å². The quantitative estimate of drug-likeness (QED) is 0.700. The lowest BCUT2D eigenvalue weighted by Crippen LogP contribution is -2.10. The molecular weight excluding hydrogens is 240 g/mol. The first-order valence-electron chi connectivity index (χ1n) is 5.91. The van der Waals surface area contributed by atoms with E-state index in [0.29, 0.717) is 5.75 Å². The fourth-order valence-corrected chi connectivity index (χ4v) is 2.29. The van der Waals surface area contributed by atoms with Gasteiger partial charge >= 0.3 is 13.1 Å². The van der Waals surface area contributed by atoms with Crippen molar-refractivity contribution in [2.75, 3.05) is 0 Å². The molecule has 5 heteroatoms. The number of halogens is 3. The van der Waals surface area contributed by atoms with E-state index in [1.807, 2.05) is 0 Å². The summed E-state index contributed by atoms with van der Waals surface area (Å²) in [7, 11) is 0. The van der Waals surface area contributed by atoms with Gasteiger partial charge in [0, 0.05) is 0 Å². The molecular formula is C13H16BF3O. The van der Waals surface area contributed by atoms with Crippen LogP contribution in [0.5, 0.6) is 5.75 Å². The zero-order valence-corrected chi connectivity index (χ0v) is 10.9. The van der Waals surface area contributed by atoms with Crippen molar-refractivity contribution in [3.8, 4) is 5.75 Å². The van der Waals surface area contributed by atoms with Crippen LogP contribution < -0.4 is 4.65 Å². The van der Waals surface area contributed by atoms with Crippen LogP contribution in [0, 0.1) is 0 Å². The minimum Gasteiger partial charge on any atom is -0.560 e. The minimum atomic E-state index is -4.29. The van der Waals surface area contributed by atoms with Crippen molar-refractivity contribution in [2.45, 2.75) is 44.5 Å². The lowest BCUT2D eigenvalue weighted by molar-refractivity contribution is -0.137. The smallest absolute Gasteiger partial charge is 0.416 e. The standard InChI is InChI=1S/C13H16BF3O/c1-11(2)12(3,4)14(11)18-10-7-5-9(6-8-10)13(15,16)17/h5-8H,1-4H3. The van der Waals surface area contributed by atoms with Crippen LogP contribution in [0.25, 0.3) is 0 Å². The van der Waals surface area contributed by atoms with Crippen LogP contribution in [0.1, 0.15) is 33.3 Å². The highest BCUT2D eigenvalue weighted by atomic mass is 19.4. The highest BCUT2D eigenvalue weighted by Crippen LogP contribution is 2.73. The Morgan fingerprint density at radius 1 is 0.944 bits per heavy atom. The number of rotatable bonds is 2. The largest absolute Gasteiger partial charge is 0.560 e. The molecule has 0 aromatic heterocycles. The zero-order chi connectivity index (χ0) is 13.8. The van der Waals surface area contributed by atoms with Crippen LogP contribution in [0.2, 0.25) is 10.6 Å².